The van der Waals surface area contributed by atoms with Crippen molar-refractivity contribution in [2.75, 3.05) is 5.32 Å². The highest BCUT2D eigenvalue weighted by Crippen LogP contribution is 2.23. The highest BCUT2D eigenvalue weighted by molar-refractivity contribution is 7.15. The number of rotatable bonds is 5. The summed E-state index contributed by atoms with van der Waals surface area (Å²) in [4.78, 5) is 0. The number of hydrogen-bond acceptors (Lipinski definition) is 4. The van der Waals surface area contributed by atoms with Crippen LogP contribution in [0.2, 0.25) is 0 Å². The average Bonchev–Trinajstić information content (AvgIpc) is 2.97. The third-order valence-corrected chi connectivity index (χ3v) is 4.23. The minimum Gasteiger partial charge on any atom is -0.354 e. The van der Waals surface area contributed by atoms with Crippen LogP contribution in [0.4, 0.5) is 9.52 Å². The van der Waals surface area contributed by atoms with Crippen LogP contribution in [-0.2, 0) is 6.42 Å². The van der Waals surface area contributed by atoms with Crippen molar-refractivity contribution in [1.82, 2.24) is 10.2 Å². The molecule has 1 heterocycles. The molecule has 0 radical (unpaired) electrons. The molecule has 1 atom stereocenters. The van der Waals surface area contributed by atoms with E-state index in [1.807, 2.05) is 18.2 Å². The first-order valence-electron chi connectivity index (χ1n) is 7.09. The number of hydrogen-bond donors (Lipinski definition) is 1. The molecule has 5 heteroatoms. The molecule has 0 aliphatic rings. The molecule has 2 aromatic carbocycles. The molecule has 3 nitrogen and oxygen atoms in total. The van der Waals surface area contributed by atoms with Crippen LogP contribution < -0.4 is 5.32 Å². The van der Waals surface area contributed by atoms with Gasteiger partial charge in [-0.2, -0.15) is 0 Å². The highest BCUT2D eigenvalue weighted by Gasteiger charge is 2.09. The summed E-state index contributed by atoms with van der Waals surface area (Å²) in [7, 11) is 0. The summed E-state index contributed by atoms with van der Waals surface area (Å²) in [5.74, 6) is -0.222. The Labute approximate surface area is 132 Å². The molecule has 1 N–H and O–H groups in total. The van der Waals surface area contributed by atoms with Gasteiger partial charge in [0.05, 0.1) is 6.04 Å². The Morgan fingerprint density at radius 2 is 1.77 bits per heavy atom. The van der Waals surface area contributed by atoms with Gasteiger partial charge in [-0.1, -0.05) is 53.8 Å². The van der Waals surface area contributed by atoms with Crippen LogP contribution >= 0.6 is 11.3 Å². The van der Waals surface area contributed by atoms with Crippen molar-refractivity contribution in [3.05, 3.63) is 76.5 Å². The molecule has 1 unspecified atom stereocenters. The van der Waals surface area contributed by atoms with Crippen LogP contribution in [0.25, 0.3) is 0 Å². The van der Waals surface area contributed by atoms with Crippen LogP contribution in [0.5, 0.6) is 0 Å². The van der Waals surface area contributed by atoms with Crippen molar-refractivity contribution in [1.29, 1.82) is 0 Å². The van der Waals surface area contributed by atoms with Gasteiger partial charge in [0.25, 0.3) is 0 Å². The van der Waals surface area contributed by atoms with Crippen LogP contribution in [-0.4, -0.2) is 10.2 Å². The second-order valence-electron chi connectivity index (χ2n) is 5.08. The van der Waals surface area contributed by atoms with Gasteiger partial charge in [-0.05, 0) is 30.2 Å². The number of benzene rings is 2. The quantitative estimate of drug-likeness (QED) is 0.756. The normalized spacial score (nSPS) is 12.1. The first-order chi connectivity index (χ1) is 10.7. The van der Waals surface area contributed by atoms with Gasteiger partial charge in [0.1, 0.15) is 10.8 Å². The molecule has 3 rings (SSSR count). The summed E-state index contributed by atoms with van der Waals surface area (Å²) >= 11 is 1.53. The number of nitrogens with zero attached hydrogens (tertiary/aromatic N) is 2. The molecule has 0 saturated heterocycles. The minimum atomic E-state index is -0.222. The summed E-state index contributed by atoms with van der Waals surface area (Å²) in [5, 5.41) is 13.4. The van der Waals surface area contributed by atoms with Crippen LogP contribution in [0.15, 0.2) is 54.6 Å². The second kappa shape index (κ2) is 6.66. The van der Waals surface area contributed by atoms with E-state index in [0.717, 1.165) is 15.7 Å². The fraction of sp³-hybridized carbons (Fsp3) is 0.176. The van der Waals surface area contributed by atoms with E-state index < -0.39 is 0 Å². The molecule has 0 aliphatic carbocycles. The van der Waals surface area contributed by atoms with Crippen molar-refractivity contribution in [2.45, 2.75) is 19.4 Å². The fourth-order valence-corrected chi connectivity index (χ4v) is 3.03. The van der Waals surface area contributed by atoms with E-state index in [0.29, 0.717) is 6.42 Å². The Hall–Kier alpha value is -2.27. The van der Waals surface area contributed by atoms with E-state index in [9.17, 15) is 4.39 Å². The lowest BCUT2D eigenvalue weighted by molar-refractivity contribution is 0.627. The second-order valence-corrected chi connectivity index (χ2v) is 6.14. The maximum Gasteiger partial charge on any atom is 0.206 e. The smallest absolute Gasteiger partial charge is 0.206 e. The van der Waals surface area contributed by atoms with Crippen molar-refractivity contribution in [3.63, 3.8) is 0 Å². The standard InChI is InChI=1S/C17H16FN3S/c1-12(14-5-3-2-4-6-14)19-17-21-20-16(22-17)11-13-7-9-15(18)10-8-13/h2-10,12H,11H2,1H3,(H,19,21). The molecule has 22 heavy (non-hydrogen) atoms. The predicted molar refractivity (Wildman–Crippen MR) is 87.6 cm³/mol. The monoisotopic (exact) mass is 313 g/mol. The lowest BCUT2D eigenvalue weighted by Gasteiger charge is -2.12. The molecular weight excluding hydrogens is 297 g/mol. The molecule has 0 amide bonds. The summed E-state index contributed by atoms with van der Waals surface area (Å²) < 4.78 is 12.9. The maximum absolute atomic E-state index is 12.9. The van der Waals surface area contributed by atoms with Gasteiger partial charge in [0.2, 0.25) is 5.13 Å². The summed E-state index contributed by atoms with van der Waals surface area (Å²) in [6, 6.07) is 16.9. The zero-order valence-electron chi connectivity index (χ0n) is 12.2. The van der Waals surface area contributed by atoms with Crippen LogP contribution in [0.1, 0.15) is 29.1 Å². The van der Waals surface area contributed by atoms with Crippen LogP contribution in [0, 0.1) is 5.82 Å². The Kier molecular flexibility index (Phi) is 4.44. The third kappa shape index (κ3) is 3.68. The van der Waals surface area contributed by atoms with Gasteiger partial charge in [-0.15, -0.1) is 10.2 Å². The topological polar surface area (TPSA) is 37.8 Å². The Morgan fingerprint density at radius 3 is 2.50 bits per heavy atom. The fourth-order valence-electron chi connectivity index (χ4n) is 2.17. The maximum atomic E-state index is 12.9. The Bertz CT molecular complexity index is 725. The highest BCUT2D eigenvalue weighted by atomic mass is 32.1. The molecule has 112 valence electrons. The van der Waals surface area contributed by atoms with E-state index >= 15 is 0 Å². The van der Waals surface area contributed by atoms with E-state index in [1.165, 1.54) is 29.0 Å². The van der Waals surface area contributed by atoms with Gasteiger partial charge in [-0.3, -0.25) is 0 Å². The number of anilines is 1. The van der Waals surface area contributed by atoms with Crippen molar-refractivity contribution >= 4 is 16.5 Å². The van der Waals surface area contributed by atoms with Gasteiger partial charge in [0.15, 0.2) is 0 Å². The van der Waals surface area contributed by atoms with E-state index in [1.54, 1.807) is 12.1 Å². The molecule has 0 spiro atoms. The van der Waals surface area contributed by atoms with E-state index in [2.05, 4.69) is 34.6 Å². The van der Waals surface area contributed by atoms with Gasteiger partial charge in [-0.25, -0.2) is 4.39 Å². The Morgan fingerprint density at radius 1 is 1.05 bits per heavy atom. The first kappa shape index (κ1) is 14.7. The lowest BCUT2D eigenvalue weighted by Crippen LogP contribution is -2.05. The molecule has 0 fully saturated rings. The number of aromatic nitrogens is 2. The first-order valence-corrected chi connectivity index (χ1v) is 7.90. The lowest BCUT2D eigenvalue weighted by atomic mass is 10.1. The van der Waals surface area contributed by atoms with Gasteiger partial charge < -0.3 is 5.32 Å². The number of nitrogens with one attached hydrogen (secondary N) is 1. The van der Waals surface area contributed by atoms with Gasteiger partial charge >= 0.3 is 0 Å². The summed E-state index contributed by atoms with van der Waals surface area (Å²) in [5.41, 5.74) is 2.23. The SMILES string of the molecule is CC(Nc1nnc(Cc2ccc(F)cc2)s1)c1ccccc1. The van der Waals surface area contributed by atoms with Crippen LogP contribution in [0.3, 0.4) is 0 Å². The molecular formula is C17H16FN3S. The van der Waals surface area contributed by atoms with Gasteiger partial charge in [0, 0.05) is 6.42 Å². The predicted octanol–water partition coefficient (Wildman–Crippen LogP) is 4.44. The number of halogens is 1. The van der Waals surface area contributed by atoms with E-state index in [-0.39, 0.29) is 11.9 Å². The molecule has 3 aromatic rings. The van der Waals surface area contributed by atoms with Crippen molar-refractivity contribution in [3.8, 4) is 0 Å². The molecule has 0 aliphatic heterocycles. The summed E-state index contributed by atoms with van der Waals surface area (Å²) in [6.45, 7) is 2.09. The Balaban J connectivity index is 1.65. The van der Waals surface area contributed by atoms with Crippen molar-refractivity contribution < 1.29 is 4.39 Å². The zero-order chi connectivity index (χ0) is 15.4. The molecule has 0 bridgehead atoms. The third-order valence-electron chi connectivity index (χ3n) is 3.38. The van der Waals surface area contributed by atoms with E-state index in [4.69, 9.17) is 0 Å². The van der Waals surface area contributed by atoms with Crippen molar-refractivity contribution in [2.24, 2.45) is 0 Å². The summed E-state index contributed by atoms with van der Waals surface area (Å²) in [6.07, 6.45) is 0.666. The average molecular weight is 313 g/mol. The zero-order valence-corrected chi connectivity index (χ0v) is 13.0. The largest absolute Gasteiger partial charge is 0.354 e. The molecule has 1 aromatic heterocycles. The minimum absolute atomic E-state index is 0.174. The molecule has 0 saturated carbocycles.